The number of benzene rings is 2. The fourth-order valence-electron chi connectivity index (χ4n) is 4.25. The minimum Gasteiger partial charge on any atom is -0.0842 e. The van der Waals surface area contributed by atoms with Crippen LogP contribution >= 0.6 is 0 Å². The fourth-order valence-corrected chi connectivity index (χ4v) is 4.25. The lowest BCUT2D eigenvalue weighted by Crippen LogP contribution is -2.12. The smallest absolute Gasteiger partial charge is 0.0146 e. The minimum atomic E-state index is 1.22. The molecule has 3 aliphatic rings. The third-order valence-corrected chi connectivity index (χ3v) is 5.49. The molecule has 0 radical (unpaired) electrons. The van der Waals surface area contributed by atoms with Crippen molar-refractivity contribution in [1.82, 2.24) is 0 Å². The second-order valence-corrected chi connectivity index (χ2v) is 7.03. The van der Waals surface area contributed by atoms with E-state index in [9.17, 15) is 0 Å². The van der Waals surface area contributed by atoms with Gasteiger partial charge in [0.2, 0.25) is 0 Å². The van der Waals surface area contributed by atoms with Gasteiger partial charge in [-0.25, -0.2) is 0 Å². The Morgan fingerprint density at radius 3 is 2.12 bits per heavy atom. The first-order chi connectivity index (χ1) is 11.9. The van der Waals surface area contributed by atoms with Gasteiger partial charge < -0.3 is 0 Å². The Morgan fingerprint density at radius 1 is 0.542 bits per heavy atom. The highest BCUT2D eigenvalue weighted by molar-refractivity contribution is 5.75. The second kappa shape index (κ2) is 7.21. The monoisotopic (exact) mass is 314 g/mol. The van der Waals surface area contributed by atoms with Crippen LogP contribution in [0.15, 0.2) is 60.7 Å². The van der Waals surface area contributed by atoms with Crippen LogP contribution in [0.4, 0.5) is 0 Å². The van der Waals surface area contributed by atoms with E-state index < -0.39 is 0 Å². The lowest BCUT2D eigenvalue weighted by Gasteiger charge is -2.26. The molecule has 0 saturated carbocycles. The van der Waals surface area contributed by atoms with Gasteiger partial charge in [-0.15, -0.1) is 0 Å². The maximum absolute atomic E-state index is 2.38. The first-order valence-electron chi connectivity index (χ1n) is 9.47. The molecule has 0 amide bonds. The highest BCUT2D eigenvalue weighted by Gasteiger charge is 2.21. The van der Waals surface area contributed by atoms with Crippen LogP contribution in [-0.2, 0) is 25.7 Å². The van der Waals surface area contributed by atoms with Crippen LogP contribution in [0.25, 0.3) is 11.1 Å². The SMILES string of the molecule is C1=CCCC=C1.c1ccc2c(c1)CCc1c-2ccc2c1CCCC2. The van der Waals surface area contributed by atoms with E-state index in [0.717, 1.165) is 0 Å². The Bertz CT molecular complexity index is 765. The summed E-state index contributed by atoms with van der Waals surface area (Å²) >= 11 is 0. The highest BCUT2D eigenvalue weighted by atomic mass is 14.3. The van der Waals surface area contributed by atoms with Crippen LogP contribution in [0, 0.1) is 0 Å². The molecule has 5 rings (SSSR count). The van der Waals surface area contributed by atoms with Crippen LogP contribution < -0.4 is 0 Å². The topological polar surface area (TPSA) is 0 Å². The van der Waals surface area contributed by atoms with Crippen LogP contribution in [0.5, 0.6) is 0 Å². The predicted octanol–water partition coefficient (Wildman–Crippen LogP) is 6.22. The Morgan fingerprint density at radius 2 is 1.33 bits per heavy atom. The summed E-state index contributed by atoms with van der Waals surface area (Å²) in [6, 6.07) is 13.7. The van der Waals surface area contributed by atoms with Crippen molar-refractivity contribution in [2.45, 2.75) is 51.4 Å². The molecular formula is C24H26. The quantitative estimate of drug-likeness (QED) is 0.541. The van der Waals surface area contributed by atoms with Gasteiger partial charge in [0.05, 0.1) is 0 Å². The van der Waals surface area contributed by atoms with Gasteiger partial charge in [0.25, 0.3) is 0 Å². The molecular weight excluding hydrogens is 288 g/mol. The number of allylic oxidation sites excluding steroid dienone is 4. The van der Waals surface area contributed by atoms with E-state index in [4.69, 9.17) is 0 Å². The Labute approximate surface area is 145 Å². The zero-order chi connectivity index (χ0) is 16.2. The molecule has 0 atom stereocenters. The second-order valence-electron chi connectivity index (χ2n) is 7.03. The molecule has 0 fully saturated rings. The van der Waals surface area contributed by atoms with Crippen LogP contribution in [0.2, 0.25) is 0 Å². The summed E-state index contributed by atoms with van der Waals surface area (Å²) in [4.78, 5) is 0. The Balaban J connectivity index is 0.000000207. The van der Waals surface area contributed by atoms with Gasteiger partial charge in [-0.1, -0.05) is 60.7 Å². The predicted molar refractivity (Wildman–Crippen MR) is 103 cm³/mol. The molecule has 0 aliphatic heterocycles. The molecule has 0 bridgehead atoms. The van der Waals surface area contributed by atoms with Crippen LogP contribution in [0.3, 0.4) is 0 Å². The molecule has 0 aromatic heterocycles. The normalized spacial score (nSPS) is 17.2. The molecule has 0 unspecified atom stereocenters. The molecule has 0 N–H and O–H groups in total. The average molecular weight is 314 g/mol. The number of fused-ring (bicyclic) bond motifs is 5. The number of aryl methyl sites for hydroxylation is 2. The Hall–Kier alpha value is -2.08. The lowest BCUT2D eigenvalue weighted by atomic mass is 9.78. The molecule has 0 nitrogen and oxygen atoms in total. The standard InChI is InChI=1S/C18H18.C6H8/c1-3-7-15-13(5-1)9-11-18-16-8-4-2-6-14(16)10-12-17(15)18;1-2-4-6-5-3-1/h1,3,5,7,10,12H,2,4,6,8-9,11H2;1-4H,5-6H2. The van der Waals surface area contributed by atoms with Gasteiger partial charge in [0, 0.05) is 0 Å². The maximum Gasteiger partial charge on any atom is -0.0146 e. The molecule has 24 heavy (non-hydrogen) atoms. The van der Waals surface area contributed by atoms with Gasteiger partial charge in [0.15, 0.2) is 0 Å². The van der Waals surface area contributed by atoms with Crippen molar-refractivity contribution in [3.63, 3.8) is 0 Å². The van der Waals surface area contributed by atoms with E-state index in [1.807, 2.05) is 0 Å². The van der Waals surface area contributed by atoms with Crippen LogP contribution in [-0.4, -0.2) is 0 Å². The summed E-state index contributed by atoms with van der Waals surface area (Å²) < 4.78 is 0. The molecule has 0 heterocycles. The van der Waals surface area contributed by atoms with Gasteiger partial charge in [0.1, 0.15) is 0 Å². The summed E-state index contributed by atoms with van der Waals surface area (Å²) in [6.07, 6.45) is 18.8. The van der Waals surface area contributed by atoms with Crippen molar-refractivity contribution >= 4 is 0 Å². The van der Waals surface area contributed by atoms with Crippen molar-refractivity contribution in [3.8, 4) is 11.1 Å². The van der Waals surface area contributed by atoms with Crippen molar-refractivity contribution in [3.05, 3.63) is 83.0 Å². The Kier molecular flexibility index (Phi) is 4.64. The molecule has 0 saturated heterocycles. The third-order valence-electron chi connectivity index (χ3n) is 5.49. The zero-order valence-corrected chi connectivity index (χ0v) is 14.4. The van der Waals surface area contributed by atoms with Crippen molar-refractivity contribution in [2.24, 2.45) is 0 Å². The number of hydrogen-bond acceptors (Lipinski definition) is 0. The van der Waals surface area contributed by atoms with Crippen molar-refractivity contribution < 1.29 is 0 Å². The van der Waals surface area contributed by atoms with E-state index >= 15 is 0 Å². The third kappa shape index (κ3) is 3.11. The van der Waals surface area contributed by atoms with Gasteiger partial charge in [-0.05, 0) is 84.7 Å². The largest absolute Gasteiger partial charge is 0.0842 e. The minimum absolute atomic E-state index is 1.22. The van der Waals surface area contributed by atoms with E-state index in [1.165, 1.54) is 68.1 Å². The zero-order valence-electron chi connectivity index (χ0n) is 14.4. The molecule has 2 aromatic carbocycles. The van der Waals surface area contributed by atoms with Gasteiger partial charge >= 0.3 is 0 Å². The average Bonchev–Trinajstić information content (AvgIpc) is 2.69. The lowest BCUT2D eigenvalue weighted by molar-refractivity contribution is 0.676. The molecule has 0 spiro atoms. The number of rotatable bonds is 0. The van der Waals surface area contributed by atoms with Crippen molar-refractivity contribution in [1.29, 1.82) is 0 Å². The molecule has 3 aliphatic carbocycles. The van der Waals surface area contributed by atoms with E-state index in [1.54, 1.807) is 16.7 Å². The van der Waals surface area contributed by atoms with Crippen molar-refractivity contribution in [2.75, 3.05) is 0 Å². The summed E-state index contributed by atoms with van der Waals surface area (Å²) in [5, 5.41) is 0. The van der Waals surface area contributed by atoms with E-state index in [2.05, 4.69) is 60.7 Å². The van der Waals surface area contributed by atoms with Gasteiger partial charge in [-0.3, -0.25) is 0 Å². The summed E-state index contributed by atoms with van der Waals surface area (Å²) in [5.74, 6) is 0. The summed E-state index contributed by atoms with van der Waals surface area (Å²) in [6.45, 7) is 0. The highest BCUT2D eigenvalue weighted by Crippen LogP contribution is 2.38. The van der Waals surface area contributed by atoms with Crippen LogP contribution in [0.1, 0.15) is 47.9 Å². The maximum atomic E-state index is 2.38. The number of hydrogen-bond donors (Lipinski definition) is 0. The van der Waals surface area contributed by atoms with E-state index in [0.29, 0.717) is 0 Å². The van der Waals surface area contributed by atoms with E-state index in [-0.39, 0.29) is 0 Å². The first kappa shape index (κ1) is 15.4. The molecule has 2 aromatic rings. The molecule has 122 valence electrons. The summed E-state index contributed by atoms with van der Waals surface area (Å²) in [7, 11) is 0. The van der Waals surface area contributed by atoms with Gasteiger partial charge in [-0.2, -0.15) is 0 Å². The fraction of sp³-hybridized carbons (Fsp3) is 0.333. The first-order valence-corrected chi connectivity index (χ1v) is 9.47. The molecule has 0 heteroatoms. The summed E-state index contributed by atoms with van der Waals surface area (Å²) in [5.41, 5.74) is 9.49.